The molecule has 0 bridgehead atoms. The van der Waals surface area contributed by atoms with Crippen LogP contribution in [0.1, 0.15) is 25.3 Å². The van der Waals surface area contributed by atoms with E-state index in [0.717, 1.165) is 18.4 Å². The molecule has 0 spiro atoms. The number of hydrogen-bond donors (Lipinski definition) is 2. The first kappa shape index (κ1) is 17.8. The van der Waals surface area contributed by atoms with Crippen molar-refractivity contribution in [2.75, 3.05) is 13.6 Å². The molecule has 1 aromatic carbocycles. The Morgan fingerprint density at radius 1 is 1.35 bits per heavy atom. The van der Waals surface area contributed by atoms with Crippen molar-refractivity contribution in [2.45, 2.75) is 38.3 Å². The number of aliphatic hydroxyl groups excluding tert-OH is 1. The largest absolute Gasteiger partial charge is 0.391 e. The van der Waals surface area contributed by atoms with Crippen LogP contribution in [0.25, 0.3) is 0 Å². The number of benzene rings is 1. The van der Waals surface area contributed by atoms with Crippen molar-refractivity contribution in [3.63, 3.8) is 0 Å². The second-order valence-corrected chi connectivity index (χ2v) is 6.57. The van der Waals surface area contributed by atoms with Crippen LogP contribution < -0.4 is 5.32 Å². The van der Waals surface area contributed by atoms with E-state index < -0.39 is 12.1 Å². The van der Waals surface area contributed by atoms with Gasteiger partial charge in [-0.25, -0.2) is 0 Å². The number of nitrogens with one attached hydrogen (secondary N) is 1. The quantitative estimate of drug-likeness (QED) is 0.793. The maximum atomic E-state index is 12.5. The zero-order chi connectivity index (χ0) is 17.0. The molecular formula is C17H23ClN2O3. The molecule has 126 valence electrons. The van der Waals surface area contributed by atoms with Crippen LogP contribution in [-0.2, 0) is 16.0 Å². The molecule has 23 heavy (non-hydrogen) atoms. The second-order valence-electron chi connectivity index (χ2n) is 6.14. The van der Waals surface area contributed by atoms with E-state index in [1.165, 1.54) is 6.92 Å². The van der Waals surface area contributed by atoms with Gasteiger partial charge in [0.05, 0.1) is 6.10 Å². The summed E-state index contributed by atoms with van der Waals surface area (Å²) in [6.07, 6.45) is 1.48. The molecule has 2 rings (SSSR count). The Kier molecular flexibility index (Phi) is 6.02. The monoisotopic (exact) mass is 338 g/mol. The van der Waals surface area contributed by atoms with Crippen LogP contribution in [0.5, 0.6) is 0 Å². The summed E-state index contributed by atoms with van der Waals surface area (Å²) in [6, 6.07) is 6.57. The first-order chi connectivity index (χ1) is 10.9. The fraction of sp³-hybridized carbons (Fsp3) is 0.529. The molecule has 2 N–H and O–H groups in total. The summed E-state index contributed by atoms with van der Waals surface area (Å²) in [7, 11) is 1.68. The SMILES string of the molecule is CC(O)C(NC(=O)C1CC1)C(=O)N(C)CCc1ccc(Cl)cc1. The Morgan fingerprint density at radius 3 is 2.48 bits per heavy atom. The van der Waals surface area contributed by atoms with Crippen LogP contribution in [0.3, 0.4) is 0 Å². The highest BCUT2D eigenvalue weighted by Gasteiger charge is 2.35. The lowest BCUT2D eigenvalue weighted by atomic mass is 10.1. The summed E-state index contributed by atoms with van der Waals surface area (Å²) in [5.74, 6) is -0.415. The molecule has 0 radical (unpaired) electrons. The maximum Gasteiger partial charge on any atom is 0.247 e. The molecular weight excluding hydrogens is 316 g/mol. The Morgan fingerprint density at radius 2 is 1.96 bits per heavy atom. The van der Waals surface area contributed by atoms with E-state index in [1.54, 1.807) is 11.9 Å². The van der Waals surface area contributed by atoms with E-state index in [-0.39, 0.29) is 17.7 Å². The van der Waals surface area contributed by atoms with Crippen LogP contribution in [-0.4, -0.2) is 47.6 Å². The van der Waals surface area contributed by atoms with E-state index in [9.17, 15) is 14.7 Å². The van der Waals surface area contributed by atoms with Gasteiger partial charge in [-0.15, -0.1) is 0 Å². The van der Waals surface area contributed by atoms with E-state index >= 15 is 0 Å². The summed E-state index contributed by atoms with van der Waals surface area (Å²) >= 11 is 5.85. The number of carbonyl (C=O) groups is 2. The van der Waals surface area contributed by atoms with Gasteiger partial charge in [0, 0.05) is 24.5 Å². The Hall–Kier alpha value is -1.59. The minimum Gasteiger partial charge on any atom is -0.391 e. The second kappa shape index (κ2) is 7.79. The van der Waals surface area contributed by atoms with Gasteiger partial charge in [-0.2, -0.15) is 0 Å². The number of halogens is 1. The lowest BCUT2D eigenvalue weighted by Crippen LogP contribution is -2.53. The summed E-state index contributed by atoms with van der Waals surface area (Å²) in [4.78, 5) is 25.9. The molecule has 6 heteroatoms. The van der Waals surface area contributed by atoms with Gasteiger partial charge < -0.3 is 15.3 Å². The van der Waals surface area contributed by atoms with Gasteiger partial charge in [-0.3, -0.25) is 9.59 Å². The summed E-state index contributed by atoms with van der Waals surface area (Å²) in [5.41, 5.74) is 1.07. The summed E-state index contributed by atoms with van der Waals surface area (Å²) < 4.78 is 0. The highest BCUT2D eigenvalue weighted by atomic mass is 35.5. The first-order valence-electron chi connectivity index (χ1n) is 7.86. The van der Waals surface area contributed by atoms with E-state index in [2.05, 4.69) is 5.32 Å². The number of nitrogens with zero attached hydrogens (tertiary/aromatic N) is 1. The van der Waals surface area contributed by atoms with Crippen molar-refractivity contribution < 1.29 is 14.7 Å². The third-order valence-electron chi connectivity index (χ3n) is 4.02. The smallest absolute Gasteiger partial charge is 0.247 e. The molecule has 1 aliphatic rings. The van der Waals surface area contributed by atoms with Crippen LogP contribution in [0.2, 0.25) is 5.02 Å². The molecule has 2 atom stereocenters. The van der Waals surface area contributed by atoms with Gasteiger partial charge in [0.15, 0.2) is 0 Å². The normalized spacial score (nSPS) is 16.5. The molecule has 5 nitrogen and oxygen atoms in total. The number of carbonyl (C=O) groups excluding carboxylic acids is 2. The zero-order valence-corrected chi connectivity index (χ0v) is 14.2. The number of amides is 2. The number of hydrogen-bond acceptors (Lipinski definition) is 3. The van der Waals surface area contributed by atoms with Gasteiger partial charge in [-0.05, 0) is 43.9 Å². The molecule has 1 fully saturated rings. The van der Waals surface area contributed by atoms with Crippen molar-refractivity contribution in [1.29, 1.82) is 0 Å². The molecule has 0 aromatic heterocycles. The van der Waals surface area contributed by atoms with E-state index in [0.29, 0.717) is 18.0 Å². The molecule has 0 aliphatic heterocycles. The minimum atomic E-state index is -0.928. The van der Waals surface area contributed by atoms with E-state index in [1.807, 2.05) is 24.3 Å². The van der Waals surface area contributed by atoms with Crippen LogP contribution in [0.4, 0.5) is 0 Å². The molecule has 0 saturated heterocycles. The van der Waals surface area contributed by atoms with Crippen LogP contribution in [0.15, 0.2) is 24.3 Å². The fourth-order valence-electron chi connectivity index (χ4n) is 2.30. The molecule has 2 unspecified atom stereocenters. The van der Waals surface area contributed by atoms with Crippen molar-refractivity contribution in [3.8, 4) is 0 Å². The third kappa shape index (κ3) is 5.22. The predicted molar refractivity (Wildman–Crippen MR) is 89.1 cm³/mol. The van der Waals surface area contributed by atoms with Crippen LogP contribution in [0, 0.1) is 5.92 Å². The van der Waals surface area contributed by atoms with Crippen molar-refractivity contribution in [3.05, 3.63) is 34.9 Å². The molecule has 1 aromatic rings. The summed E-state index contributed by atoms with van der Waals surface area (Å²) in [6.45, 7) is 2.02. The molecule has 1 aliphatic carbocycles. The van der Waals surface area contributed by atoms with Gasteiger partial charge in [-0.1, -0.05) is 23.7 Å². The average Bonchev–Trinajstić information content (AvgIpc) is 3.35. The van der Waals surface area contributed by atoms with Gasteiger partial charge in [0.2, 0.25) is 11.8 Å². The van der Waals surface area contributed by atoms with Gasteiger partial charge in [0.1, 0.15) is 6.04 Å². The number of likely N-dealkylation sites (N-methyl/N-ethyl adjacent to an activating group) is 1. The molecule has 0 heterocycles. The Bertz CT molecular complexity index is 555. The third-order valence-corrected chi connectivity index (χ3v) is 4.27. The van der Waals surface area contributed by atoms with Gasteiger partial charge in [0.25, 0.3) is 0 Å². The maximum absolute atomic E-state index is 12.5. The predicted octanol–water partition coefficient (Wildman–Crippen LogP) is 1.62. The zero-order valence-electron chi connectivity index (χ0n) is 13.5. The lowest BCUT2D eigenvalue weighted by Gasteiger charge is -2.26. The standard InChI is InChI=1S/C17H23ClN2O3/c1-11(21)15(19-16(22)13-5-6-13)17(23)20(2)10-9-12-3-7-14(18)8-4-12/h3-4,7-8,11,13,15,21H,5-6,9-10H2,1-2H3,(H,19,22). The first-order valence-corrected chi connectivity index (χ1v) is 8.24. The van der Waals surface area contributed by atoms with E-state index in [4.69, 9.17) is 11.6 Å². The Balaban J connectivity index is 1.89. The average molecular weight is 339 g/mol. The lowest BCUT2D eigenvalue weighted by molar-refractivity contribution is -0.138. The number of aliphatic hydroxyl groups is 1. The van der Waals surface area contributed by atoms with Crippen LogP contribution >= 0.6 is 11.6 Å². The highest BCUT2D eigenvalue weighted by Crippen LogP contribution is 2.29. The van der Waals surface area contributed by atoms with Crippen molar-refractivity contribution in [2.24, 2.45) is 5.92 Å². The van der Waals surface area contributed by atoms with Crippen molar-refractivity contribution in [1.82, 2.24) is 10.2 Å². The fourth-order valence-corrected chi connectivity index (χ4v) is 2.43. The number of rotatable bonds is 7. The minimum absolute atomic E-state index is 0.00317. The topological polar surface area (TPSA) is 69.6 Å². The van der Waals surface area contributed by atoms with Gasteiger partial charge >= 0.3 is 0 Å². The molecule has 2 amide bonds. The highest BCUT2D eigenvalue weighted by molar-refractivity contribution is 6.30. The molecule has 1 saturated carbocycles. The Labute approximate surface area is 141 Å². The summed E-state index contributed by atoms with van der Waals surface area (Å²) in [5, 5.41) is 13.2. The van der Waals surface area contributed by atoms with Crippen molar-refractivity contribution >= 4 is 23.4 Å².